The minimum absolute atomic E-state index is 0.720. The topological polar surface area (TPSA) is 104 Å². The summed E-state index contributed by atoms with van der Waals surface area (Å²) in [6, 6.07) is 0. The Bertz CT molecular complexity index is 265. The summed E-state index contributed by atoms with van der Waals surface area (Å²) in [6.45, 7) is -0.720. The van der Waals surface area contributed by atoms with E-state index in [4.69, 9.17) is 15.3 Å². The van der Waals surface area contributed by atoms with Crippen molar-refractivity contribution in [3.8, 4) is 0 Å². The molecule has 0 amide bonds. The number of hydrogen-bond donors (Lipinski definition) is 3. The quantitative estimate of drug-likeness (QED) is 0.431. The number of carbonyl (C=O) groups excluding carboxylic acids is 2. The molecule has 0 bridgehead atoms. The van der Waals surface area contributed by atoms with Gasteiger partial charge in [0, 0.05) is 0 Å². The van der Waals surface area contributed by atoms with E-state index < -0.39 is 36.0 Å². The Morgan fingerprint density at radius 1 is 1.25 bits per heavy atom. The molecule has 12 heavy (non-hydrogen) atoms. The first-order valence-corrected chi connectivity index (χ1v) is 3.06. The highest BCUT2D eigenvalue weighted by atomic mass is 16.6. The lowest BCUT2D eigenvalue weighted by atomic mass is 10.1. The van der Waals surface area contributed by atoms with Crippen LogP contribution in [0, 0.1) is 0 Å². The van der Waals surface area contributed by atoms with Crippen molar-refractivity contribution in [3.05, 3.63) is 11.5 Å². The largest absolute Gasteiger partial charge is 0.502 e. The summed E-state index contributed by atoms with van der Waals surface area (Å²) in [5, 5.41) is 25.9. The van der Waals surface area contributed by atoms with Crippen LogP contribution in [0.5, 0.6) is 0 Å². The molecular formula is C6H6O6. The van der Waals surface area contributed by atoms with Crippen LogP contribution >= 0.6 is 0 Å². The fraction of sp³-hybridized carbons (Fsp3) is 0.333. The maximum atomic E-state index is 10.8. The zero-order valence-electron chi connectivity index (χ0n) is 5.85. The lowest BCUT2D eigenvalue weighted by Crippen LogP contribution is -2.37. The molecule has 3 N–H and O–H groups in total. The summed E-state index contributed by atoms with van der Waals surface area (Å²) in [6.07, 6.45) is -1.41. The van der Waals surface area contributed by atoms with Crippen molar-refractivity contribution < 1.29 is 29.6 Å². The van der Waals surface area contributed by atoms with Crippen molar-refractivity contribution in [1.82, 2.24) is 0 Å². The number of carbonyl (C=O) groups is 2. The van der Waals surface area contributed by atoms with E-state index in [1.807, 2.05) is 0 Å². The number of cyclic esters (lactones) is 1. The van der Waals surface area contributed by atoms with Gasteiger partial charge < -0.3 is 20.1 Å². The lowest BCUT2D eigenvalue weighted by molar-refractivity contribution is -0.159. The van der Waals surface area contributed by atoms with Gasteiger partial charge in [0.2, 0.25) is 17.3 Å². The molecule has 0 radical (unpaired) electrons. The fourth-order valence-corrected chi connectivity index (χ4v) is 0.725. The maximum Gasteiger partial charge on any atom is 0.378 e. The Morgan fingerprint density at radius 2 is 1.83 bits per heavy atom. The van der Waals surface area contributed by atoms with Crippen LogP contribution in [0.4, 0.5) is 0 Å². The van der Waals surface area contributed by atoms with Gasteiger partial charge in [0.1, 0.15) is 0 Å². The highest BCUT2D eigenvalue weighted by molar-refractivity contribution is 6.07. The first-order valence-electron chi connectivity index (χ1n) is 3.06. The molecule has 1 heterocycles. The standard InChI is InChI=1S/C6H6O6/c7-1-2-3(8)4(9)5(10)6(11)12-2/h2,7,9-10H,1H2/t2-/m1/s1. The molecule has 6 heteroatoms. The van der Waals surface area contributed by atoms with Crippen LogP contribution in [0.2, 0.25) is 0 Å². The molecule has 0 unspecified atom stereocenters. The van der Waals surface area contributed by atoms with Gasteiger partial charge in [-0.1, -0.05) is 0 Å². The third kappa shape index (κ3) is 1.12. The number of ketones is 1. The molecule has 0 aromatic rings. The summed E-state index contributed by atoms with van der Waals surface area (Å²) in [5.41, 5.74) is 0. The number of hydrogen-bond acceptors (Lipinski definition) is 6. The van der Waals surface area contributed by atoms with E-state index in [2.05, 4.69) is 4.74 Å². The van der Waals surface area contributed by atoms with E-state index in [0.29, 0.717) is 0 Å². The third-order valence-corrected chi connectivity index (χ3v) is 1.36. The lowest BCUT2D eigenvalue weighted by Gasteiger charge is -2.18. The van der Waals surface area contributed by atoms with Crippen LogP contribution in [0.3, 0.4) is 0 Å². The average Bonchev–Trinajstić information content (AvgIpc) is 2.08. The highest BCUT2D eigenvalue weighted by Crippen LogP contribution is 2.13. The molecular weight excluding hydrogens is 168 g/mol. The molecule has 1 aliphatic heterocycles. The van der Waals surface area contributed by atoms with Gasteiger partial charge in [-0.2, -0.15) is 0 Å². The van der Waals surface area contributed by atoms with Gasteiger partial charge in [-0.3, -0.25) is 4.79 Å². The molecule has 1 rings (SSSR count). The second kappa shape index (κ2) is 2.82. The molecule has 0 aromatic carbocycles. The second-order valence-electron chi connectivity index (χ2n) is 2.14. The molecule has 6 nitrogen and oxygen atoms in total. The number of aliphatic hydroxyl groups excluding tert-OH is 3. The molecule has 66 valence electrons. The monoisotopic (exact) mass is 174 g/mol. The van der Waals surface area contributed by atoms with Gasteiger partial charge >= 0.3 is 5.97 Å². The molecule has 0 fully saturated rings. The van der Waals surface area contributed by atoms with Gasteiger partial charge in [0.05, 0.1) is 6.61 Å². The predicted octanol–water partition coefficient (Wildman–Crippen LogP) is -1.20. The summed E-state index contributed by atoms with van der Waals surface area (Å²) >= 11 is 0. The molecule has 0 saturated carbocycles. The van der Waals surface area contributed by atoms with Crippen LogP contribution in [0.1, 0.15) is 0 Å². The zero-order valence-corrected chi connectivity index (χ0v) is 5.85. The van der Waals surface area contributed by atoms with E-state index in [9.17, 15) is 9.59 Å². The zero-order chi connectivity index (χ0) is 9.30. The Balaban J connectivity index is 3.01. The van der Waals surface area contributed by atoms with E-state index in [0.717, 1.165) is 0 Å². The van der Waals surface area contributed by atoms with Gasteiger partial charge in [-0.15, -0.1) is 0 Å². The number of aliphatic hydroxyl groups is 3. The molecule has 1 atom stereocenters. The van der Waals surface area contributed by atoms with Gasteiger partial charge in [-0.05, 0) is 0 Å². The van der Waals surface area contributed by atoms with E-state index in [1.165, 1.54) is 0 Å². The molecule has 1 aliphatic rings. The molecule has 0 saturated heterocycles. The van der Waals surface area contributed by atoms with Crippen molar-refractivity contribution in [3.63, 3.8) is 0 Å². The SMILES string of the molecule is O=C1O[C@H](CO)C(=O)C(O)=C1O. The minimum atomic E-state index is -1.41. The minimum Gasteiger partial charge on any atom is -0.502 e. The Hall–Kier alpha value is -1.56. The number of ether oxygens (including phenoxy) is 1. The average molecular weight is 174 g/mol. The summed E-state index contributed by atoms with van der Waals surface area (Å²) < 4.78 is 4.22. The van der Waals surface area contributed by atoms with E-state index in [1.54, 1.807) is 0 Å². The van der Waals surface area contributed by atoms with Crippen molar-refractivity contribution in [2.45, 2.75) is 6.10 Å². The smallest absolute Gasteiger partial charge is 0.378 e. The number of esters is 1. The van der Waals surface area contributed by atoms with Gasteiger partial charge in [0.15, 0.2) is 6.10 Å². The Kier molecular flexibility index (Phi) is 2.01. The normalized spacial score (nSPS) is 24.2. The summed E-state index contributed by atoms with van der Waals surface area (Å²) in [4.78, 5) is 21.4. The number of rotatable bonds is 1. The fourth-order valence-electron chi connectivity index (χ4n) is 0.725. The predicted molar refractivity (Wildman–Crippen MR) is 34.3 cm³/mol. The molecule has 0 aliphatic carbocycles. The maximum absolute atomic E-state index is 10.8. The number of Topliss-reactive ketones (excluding diaryl/α,β-unsaturated/α-hetero) is 1. The molecule has 0 aromatic heterocycles. The van der Waals surface area contributed by atoms with Crippen LogP contribution in [0.25, 0.3) is 0 Å². The summed E-state index contributed by atoms with van der Waals surface area (Å²) in [5.74, 6) is -4.41. The van der Waals surface area contributed by atoms with E-state index in [-0.39, 0.29) is 0 Å². The van der Waals surface area contributed by atoms with Crippen molar-refractivity contribution in [1.29, 1.82) is 0 Å². The van der Waals surface area contributed by atoms with Crippen LogP contribution in [0.15, 0.2) is 11.5 Å². The first-order chi connectivity index (χ1) is 5.57. The second-order valence-corrected chi connectivity index (χ2v) is 2.14. The molecule has 0 spiro atoms. The van der Waals surface area contributed by atoms with Crippen molar-refractivity contribution in [2.75, 3.05) is 6.61 Å². The van der Waals surface area contributed by atoms with Crippen LogP contribution < -0.4 is 0 Å². The van der Waals surface area contributed by atoms with Crippen LogP contribution in [-0.4, -0.2) is 39.8 Å². The van der Waals surface area contributed by atoms with Gasteiger partial charge in [-0.25, -0.2) is 4.79 Å². The summed E-state index contributed by atoms with van der Waals surface area (Å²) in [7, 11) is 0. The van der Waals surface area contributed by atoms with Crippen molar-refractivity contribution >= 4 is 11.8 Å². The Morgan fingerprint density at radius 3 is 2.33 bits per heavy atom. The highest BCUT2D eigenvalue weighted by Gasteiger charge is 2.36. The van der Waals surface area contributed by atoms with Crippen LogP contribution in [-0.2, 0) is 14.3 Å². The first kappa shape index (κ1) is 8.54. The van der Waals surface area contributed by atoms with E-state index >= 15 is 0 Å². The third-order valence-electron chi connectivity index (χ3n) is 1.36. The Labute approximate surface area is 66.7 Å². The van der Waals surface area contributed by atoms with Crippen molar-refractivity contribution in [2.24, 2.45) is 0 Å². The van der Waals surface area contributed by atoms with Gasteiger partial charge in [0.25, 0.3) is 0 Å².